The standard InChI is InChI=1S/C28H37F2N3O2/c1-18-9-10-28(17-31-18,22-8-6-7-21(14-22)27(3,4)5)32-16-26(35)25(33-19(2)34)13-20-11-23(29)15-24(30)12-20/h6-8,11-12,14-15,25-26,31-32,35H,1,9-10,13,16-17H2,2-5H3,(H,33,34)/t25-,26+,28?/m0/s1. The summed E-state index contributed by atoms with van der Waals surface area (Å²) >= 11 is 0. The molecular formula is C28H37F2N3O2. The molecule has 4 N–H and O–H groups in total. The zero-order valence-electron chi connectivity index (χ0n) is 21.1. The molecule has 5 nitrogen and oxygen atoms in total. The fourth-order valence-corrected chi connectivity index (χ4v) is 4.57. The van der Waals surface area contributed by atoms with E-state index in [0.717, 1.165) is 30.2 Å². The summed E-state index contributed by atoms with van der Waals surface area (Å²) in [6.07, 6.45) is 0.677. The third kappa shape index (κ3) is 7.12. The number of carbonyl (C=O) groups excluding carboxylic acids is 1. The lowest BCUT2D eigenvalue weighted by Gasteiger charge is -2.42. The summed E-state index contributed by atoms with van der Waals surface area (Å²) in [7, 11) is 0. The quantitative estimate of drug-likeness (QED) is 0.455. The van der Waals surface area contributed by atoms with Crippen molar-refractivity contribution in [3.63, 3.8) is 0 Å². The van der Waals surface area contributed by atoms with Crippen molar-refractivity contribution in [1.29, 1.82) is 0 Å². The number of carbonyl (C=O) groups is 1. The van der Waals surface area contributed by atoms with Gasteiger partial charge in [-0.3, -0.25) is 4.79 Å². The Labute approximate surface area is 207 Å². The van der Waals surface area contributed by atoms with Crippen LogP contribution in [0.25, 0.3) is 0 Å². The highest BCUT2D eigenvalue weighted by Crippen LogP contribution is 2.34. The van der Waals surface area contributed by atoms with Crippen LogP contribution in [-0.2, 0) is 22.2 Å². The normalized spacial score (nSPS) is 20.1. The first-order chi connectivity index (χ1) is 16.4. The van der Waals surface area contributed by atoms with Crippen LogP contribution in [0.15, 0.2) is 54.7 Å². The van der Waals surface area contributed by atoms with Crippen molar-refractivity contribution in [2.45, 2.75) is 70.1 Å². The number of amides is 1. The van der Waals surface area contributed by atoms with E-state index in [1.54, 1.807) is 0 Å². The zero-order valence-corrected chi connectivity index (χ0v) is 21.1. The lowest BCUT2D eigenvalue weighted by atomic mass is 9.78. The van der Waals surface area contributed by atoms with Gasteiger partial charge in [0.15, 0.2) is 0 Å². The number of aliphatic hydroxyl groups is 1. The van der Waals surface area contributed by atoms with Gasteiger partial charge in [-0.2, -0.15) is 0 Å². The van der Waals surface area contributed by atoms with E-state index >= 15 is 0 Å². The predicted octanol–water partition coefficient (Wildman–Crippen LogP) is 4.05. The molecule has 0 saturated carbocycles. The van der Waals surface area contributed by atoms with Crippen LogP contribution in [0.1, 0.15) is 57.2 Å². The predicted molar refractivity (Wildman–Crippen MR) is 135 cm³/mol. The number of aliphatic hydroxyl groups excluding tert-OH is 1. The number of halogens is 2. The molecule has 0 aliphatic carbocycles. The summed E-state index contributed by atoms with van der Waals surface area (Å²) < 4.78 is 27.4. The van der Waals surface area contributed by atoms with Crippen LogP contribution in [0.3, 0.4) is 0 Å². The average molecular weight is 486 g/mol. The molecule has 1 aliphatic heterocycles. The number of hydrogen-bond donors (Lipinski definition) is 4. The summed E-state index contributed by atoms with van der Waals surface area (Å²) in [6.45, 7) is 12.7. The lowest BCUT2D eigenvalue weighted by molar-refractivity contribution is -0.120. The Bertz CT molecular complexity index is 1030. The maximum absolute atomic E-state index is 13.7. The van der Waals surface area contributed by atoms with Gasteiger partial charge in [-0.15, -0.1) is 0 Å². The molecule has 0 bridgehead atoms. The molecule has 1 heterocycles. The van der Waals surface area contributed by atoms with Crippen molar-refractivity contribution in [2.24, 2.45) is 0 Å². The molecule has 0 radical (unpaired) electrons. The Balaban J connectivity index is 1.83. The molecule has 190 valence electrons. The number of benzene rings is 2. The summed E-state index contributed by atoms with van der Waals surface area (Å²) in [6, 6.07) is 11.0. The van der Waals surface area contributed by atoms with E-state index in [1.807, 2.05) is 0 Å². The second kappa shape index (κ2) is 10.9. The number of hydrogen-bond acceptors (Lipinski definition) is 4. The molecule has 2 aromatic carbocycles. The molecule has 1 saturated heterocycles. The molecule has 3 rings (SSSR count). The Morgan fingerprint density at radius 2 is 1.89 bits per heavy atom. The van der Waals surface area contributed by atoms with Crippen LogP contribution in [0.5, 0.6) is 0 Å². The molecular weight excluding hydrogens is 448 g/mol. The molecule has 3 atom stereocenters. The smallest absolute Gasteiger partial charge is 0.217 e. The number of allylic oxidation sites excluding steroid dienone is 1. The molecule has 1 unspecified atom stereocenters. The summed E-state index contributed by atoms with van der Waals surface area (Å²) in [5.41, 5.74) is 3.20. The van der Waals surface area contributed by atoms with Gasteiger partial charge in [0.1, 0.15) is 11.6 Å². The Hall–Kier alpha value is -2.77. The molecule has 1 amide bonds. The third-order valence-electron chi connectivity index (χ3n) is 6.66. The van der Waals surface area contributed by atoms with Gasteiger partial charge in [-0.05, 0) is 53.5 Å². The van der Waals surface area contributed by atoms with Gasteiger partial charge in [-0.1, -0.05) is 51.6 Å². The van der Waals surface area contributed by atoms with Crippen molar-refractivity contribution < 1.29 is 18.7 Å². The number of nitrogens with one attached hydrogen (secondary N) is 3. The molecule has 35 heavy (non-hydrogen) atoms. The highest BCUT2D eigenvalue weighted by atomic mass is 19.1. The number of rotatable bonds is 8. The van der Waals surface area contributed by atoms with Gasteiger partial charge >= 0.3 is 0 Å². The molecule has 1 aliphatic rings. The molecule has 0 aromatic heterocycles. The summed E-state index contributed by atoms with van der Waals surface area (Å²) in [5.74, 6) is -1.71. The van der Waals surface area contributed by atoms with Crippen molar-refractivity contribution >= 4 is 5.91 Å². The average Bonchev–Trinajstić information content (AvgIpc) is 2.77. The zero-order chi connectivity index (χ0) is 25.8. The van der Waals surface area contributed by atoms with Crippen LogP contribution in [-0.4, -0.2) is 36.2 Å². The fraction of sp³-hybridized carbons (Fsp3) is 0.464. The topological polar surface area (TPSA) is 73.4 Å². The monoisotopic (exact) mass is 485 g/mol. The van der Waals surface area contributed by atoms with Gasteiger partial charge in [0, 0.05) is 31.8 Å². The van der Waals surface area contributed by atoms with E-state index in [9.17, 15) is 18.7 Å². The van der Waals surface area contributed by atoms with E-state index < -0.39 is 29.3 Å². The third-order valence-corrected chi connectivity index (χ3v) is 6.66. The summed E-state index contributed by atoms with van der Waals surface area (Å²) in [4.78, 5) is 11.8. The SMILES string of the molecule is C=C1CCC(NC[C@@H](O)[C@H](Cc2cc(F)cc(F)c2)NC(C)=O)(c2cccc(C(C)(C)C)c2)CN1. The first-order valence-electron chi connectivity index (χ1n) is 12.1. The van der Waals surface area contributed by atoms with E-state index in [2.05, 4.69) is 67.6 Å². The van der Waals surface area contributed by atoms with E-state index in [-0.39, 0.29) is 24.3 Å². The number of piperidine rings is 1. The van der Waals surface area contributed by atoms with Crippen LogP contribution in [0.4, 0.5) is 8.78 Å². The second-order valence-corrected chi connectivity index (χ2v) is 10.6. The van der Waals surface area contributed by atoms with E-state index in [0.29, 0.717) is 12.1 Å². The Morgan fingerprint density at radius 1 is 1.20 bits per heavy atom. The van der Waals surface area contributed by atoms with Crippen molar-refractivity contribution in [1.82, 2.24) is 16.0 Å². The van der Waals surface area contributed by atoms with Crippen LogP contribution in [0.2, 0.25) is 0 Å². The highest BCUT2D eigenvalue weighted by molar-refractivity contribution is 5.73. The first kappa shape index (κ1) is 26.8. The van der Waals surface area contributed by atoms with Gasteiger partial charge in [0.2, 0.25) is 5.91 Å². The Morgan fingerprint density at radius 3 is 2.46 bits per heavy atom. The first-order valence-corrected chi connectivity index (χ1v) is 12.1. The lowest BCUT2D eigenvalue weighted by Crippen LogP contribution is -2.57. The van der Waals surface area contributed by atoms with Gasteiger partial charge in [0.05, 0.1) is 17.7 Å². The van der Waals surface area contributed by atoms with Crippen molar-refractivity contribution in [2.75, 3.05) is 13.1 Å². The van der Waals surface area contributed by atoms with Gasteiger partial charge < -0.3 is 21.1 Å². The van der Waals surface area contributed by atoms with Crippen LogP contribution < -0.4 is 16.0 Å². The molecule has 1 fully saturated rings. The second-order valence-electron chi connectivity index (χ2n) is 10.6. The maximum Gasteiger partial charge on any atom is 0.217 e. The largest absolute Gasteiger partial charge is 0.390 e. The Kier molecular flexibility index (Phi) is 8.34. The van der Waals surface area contributed by atoms with E-state index in [1.165, 1.54) is 24.6 Å². The molecule has 0 spiro atoms. The van der Waals surface area contributed by atoms with Crippen molar-refractivity contribution in [3.05, 3.63) is 83.1 Å². The molecule has 2 aromatic rings. The van der Waals surface area contributed by atoms with Crippen LogP contribution in [0, 0.1) is 11.6 Å². The minimum atomic E-state index is -0.988. The minimum Gasteiger partial charge on any atom is -0.390 e. The highest BCUT2D eigenvalue weighted by Gasteiger charge is 2.36. The minimum absolute atomic E-state index is 0.0147. The van der Waals surface area contributed by atoms with E-state index in [4.69, 9.17) is 0 Å². The van der Waals surface area contributed by atoms with Gasteiger partial charge in [-0.25, -0.2) is 8.78 Å². The molecule has 7 heteroatoms. The summed E-state index contributed by atoms with van der Waals surface area (Å²) in [5, 5.41) is 20.8. The van der Waals surface area contributed by atoms with Crippen molar-refractivity contribution in [3.8, 4) is 0 Å². The van der Waals surface area contributed by atoms with Gasteiger partial charge in [0.25, 0.3) is 0 Å². The van der Waals surface area contributed by atoms with Crippen LogP contribution >= 0.6 is 0 Å². The maximum atomic E-state index is 13.7. The fourth-order valence-electron chi connectivity index (χ4n) is 4.57.